The van der Waals surface area contributed by atoms with Gasteiger partial charge in [0, 0.05) is 48.3 Å². The van der Waals surface area contributed by atoms with Gasteiger partial charge in [0.1, 0.15) is 55.8 Å². The molecule has 0 radical (unpaired) electrons. The van der Waals surface area contributed by atoms with Crippen molar-refractivity contribution in [2.24, 2.45) is 93.2 Å². The van der Waals surface area contributed by atoms with E-state index in [-0.39, 0.29) is 157 Å². The van der Waals surface area contributed by atoms with Crippen molar-refractivity contribution >= 4 is 47.8 Å². The molecule has 0 spiro atoms. The van der Waals surface area contributed by atoms with E-state index in [0.29, 0.717) is 51.4 Å². The van der Waals surface area contributed by atoms with Gasteiger partial charge in [-0.15, -0.1) is 0 Å². The van der Waals surface area contributed by atoms with Crippen LogP contribution in [0.15, 0.2) is 89.2 Å². The van der Waals surface area contributed by atoms with E-state index in [9.17, 15) is 144 Å². The second-order valence-electron chi connectivity index (χ2n) is 36.4. The minimum atomic E-state index is -4.83. The molecule has 8 aliphatic carbocycles. The third kappa shape index (κ3) is 38.6. The van der Waals surface area contributed by atoms with Gasteiger partial charge in [-0.3, -0.25) is 0 Å². The van der Waals surface area contributed by atoms with E-state index in [2.05, 4.69) is 18.9 Å². The van der Waals surface area contributed by atoms with Gasteiger partial charge >= 0.3 is 97.2 Å². The maximum atomic E-state index is 13.1. The van der Waals surface area contributed by atoms with Crippen LogP contribution < -0.4 is 45.9 Å². The minimum absolute atomic E-state index is 0.00620. The second kappa shape index (κ2) is 49.8. The number of halogens is 24. The number of carboxylic acid groups (broad SMARTS) is 2. The molecule has 0 unspecified atom stereocenters. The van der Waals surface area contributed by atoms with E-state index < -0.39 is 201 Å². The number of rotatable bonds is 10. The molecule has 18 N–H and O–H groups in total. The van der Waals surface area contributed by atoms with Crippen LogP contribution in [0.1, 0.15) is 214 Å². The van der Waals surface area contributed by atoms with Crippen molar-refractivity contribution in [1.29, 1.82) is 0 Å². The summed E-state index contributed by atoms with van der Waals surface area (Å²) < 4.78 is 333. The van der Waals surface area contributed by atoms with Crippen molar-refractivity contribution in [2.45, 2.75) is 322 Å². The molecule has 8 aliphatic rings. The Hall–Kier alpha value is -8.32. The van der Waals surface area contributed by atoms with E-state index in [0.717, 1.165) is 14.2 Å². The maximum Gasteiger partial charge on any atom is 0.423 e. The first kappa shape index (κ1) is 124. The number of carbonyl (C=O) groups excluding carboxylic acids is 6. The lowest BCUT2D eigenvalue weighted by Gasteiger charge is -2.23. The molecule has 24 nitrogen and oxygen atoms in total. The fourth-order valence-electron chi connectivity index (χ4n) is 16.5. The number of alkyl halides is 24. The molecule has 0 aromatic rings. The van der Waals surface area contributed by atoms with E-state index in [1.54, 1.807) is 27.7 Å². The lowest BCUT2D eigenvalue weighted by molar-refractivity contribution is -0.162. The van der Waals surface area contributed by atoms with E-state index in [1.807, 2.05) is 27.7 Å². The predicted octanol–water partition coefficient (Wildman–Crippen LogP) is 17.1. The molecule has 0 bridgehead atoms. The van der Waals surface area contributed by atoms with Crippen LogP contribution in [-0.4, -0.2) is 194 Å². The first-order chi connectivity index (χ1) is 60.4. The normalized spacial score (nSPS) is 28.7. The Morgan fingerprint density at radius 3 is 0.478 bits per heavy atom. The molecular weight excluding hydrogens is 1860 g/mol. The second-order valence-corrected chi connectivity index (χ2v) is 36.4. The lowest BCUT2D eigenvalue weighted by atomic mass is 10.0. The van der Waals surface area contributed by atoms with Gasteiger partial charge in [-0.05, 0) is 250 Å². The van der Waals surface area contributed by atoms with Crippen LogP contribution in [-0.2, 0) is 66.8 Å². The number of hydrogen-bond donors (Lipinski definition) is 10. The largest absolute Gasteiger partial charge is 0.478 e. The number of ether oxygens (including phenoxy) is 6. The zero-order valence-electron chi connectivity index (χ0n) is 77.3. The highest BCUT2D eigenvalue weighted by Crippen LogP contribution is 2.47. The summed E-state index contributed by atoms with van der Waals surface area (Å²) in [6.45, 7) is 26.3. The lowest BCUT2D eigenvalue weighted by Crippen LogP contribution is -2.33. The van der Waals surface area contributed by atoms with Crippen molar-refractivity contribution in [3.8, 4) is 0 Å². The Kier molecular flexibility index (Phi) is 46.0. The summed E-state index contributed by atoms with van der Waals surface area (Å²) in [5, 5.41) is 17.1. The van der Waals surface area contributed by atoms with Crippen LogP contribution in [0.3, 0.4) is 0 Å². The first-order valence-electron chi connectivity index (χ1n) is 42.3. The molecule has 0 aromatic carbocycles. The third-order valence-corrected chi connectivity index (χ3v) is 21.6. The van der Waals surface area contributed by atoms with E-state index in [1.165, 1.54) is 55.4 Å². The Balaban J connectivity index is 0.000000767. The van der Waals surface area contributed by atoms with Crippen molar-refractivity contribution in [3.63, 3.8) is 0 Å². The molecule has 8 saturated carbocycles. The third-order valence-electron chi connectivity index (χ3n) is 21.6. The SMILES string of the molecule is CCOC(=O)/C(=C1/C[C@H](C)C[C@@H]1N)C(F)(F)F.CCOC(=O)/C(=C1\C[C@H](C)C[C@@H]1N)C(F)(F)F.COC(=O)/C(=C1/C[C@H](C)C[C@@H]1N)C(F)(F)F.COC(=O)/C(=C1\C[C@H](C)C[C@@H]1N)C(F)(F)F.C[C@H]1C/C(=C(/C(=O)O)C(F)(F)F)[C@@H](N)C1.C[C@H]1C/C(=C(/C(=O)OC(C)(C)C)C(F)(F)F)[C@@H](N)C1.C[C@H]1C/C(=C(\C(=O)O)C(F)(F)F)[C@@H](N)C1.C[C@H]1C/C(=C(\C(=O)OC(C)(C)C)C(F)(F)F)[C@@H](N)C1. The molecule has 0 aliphatic heterocycles. The number of hydrogen-bond acceptors (Lipinski definition) is 22. The molecule has 48 heteroatoms. The van der Waals surface area contributed by atoms with Gasteiger partial charge in [-0.2, -0.15) is 105 Å². The Morgan fingerprint density at radius 2 is 0.381 bits per heavy atom. The number of nitrogens with two attached hydrogens (primary N) is 8. The Bertz CT molecular complexity index is 4060. The molecule has 772 valence electrons. The van der Waals surface area contributed by atoms with Crippen LogP contribution in [0.25, 0.3) is 0 Å². The standard InChI is InChI=1S/2C13H20F3NO2.2C11H16F3NO2.2C10H14F3NO2.2C9H12F3NO2/c2*1-7-5-8(9(17)6-7)10(13(14,15)16)11(18)19-12(2,3)4;2*1-3-17-10(16)9(11(12,13)14)7-4-6(2)5-8(7)15;2*1-5-3-6(7(14)4-5)8(9(15)16-2)10(11,12)13;2*1-4-2-5(6(13)3-4)7(8(14)15)9(10,11)12/h2*7,9H,5-6,17H2,1-4H3;2*6,8H,3-5,15H2,1-2H3;2*5,7H,3-4,14H2,1-2H3;2*4,6H,2-3,13H2,1H3,(H,14,15)/b10-8+;10-8-;9-7+;9-7-;8-6+;8-6-;7-5+;7-5-/t2*7-,9-;2*6-,8-;2*5-,7-;2*4-,6-/m00000000/s1. The van der Waals surface area contributed by atoms with E-state index >= 15 is 0 Å². The van der Waals surface area contributed by atoms with Crippen LogP contribution >= 0.6 is 0 Å². The number of carbonyl (C=O) groups is 8. The van der Waals surface area contributed by atoms with Crippen molar-refractivity contribution in [3.05, 3.63) is 89.2 Å². The van der Waals surface area contributed by atoms with Gasteiger partial charge < -0.3 is 84.5 Å². The maximum absolute atomic E-state index is 13.1. The molecule has 0 aromatic heterocycles. The quantitative estimate of drug-likeness (QED) is 0.0420. The number of methoxy groups -OCH3 is 2. The topological polar surface area (TPSA) is 441 Å². The first-order valence-corrected chi connectivity index (χ1v) is 42.3. The highest BCUT2D eigenvalue weighted by atomic mass is 19.4. The molecule has 16 atom stereocenters. The zero-order valence-corrected chi connectivity index (χ0v) is 77.3. The van der Waals surface area contributed by atoms with Gasteiger partial charge in [-0.1, -0.05) is 55.4 Å². The molecule has 134 heavy (non-hydrogen) atoms. The highest BCUT2D eigenvalue weighted by Gasteiger charge is 2.53. The van der Waals surface area contributed by atoms with Gasteiger partial charge in [-0.25, -0.2) is 38.4 Å². The monoisotopic (exact) mass is 1980 g/mol. The average molecular weight is 1980 g/mol. The van der Waals surface area contributed by atoms with Crippen molar-refractivity contribution in [2.75, 3.05) is 27.4 Å². The Labute approximate surface area is 759 Å². The number of esters is 6. The molecule has 8 fully saturated rings. The van der Waals surface area contributed by atoms with Crippen LogP contribution in [0.5, 0.6) is 0 Å². The summed E-state index contributed by atoms with van der Waals surface area (Å²) in [4.78, 5) is 89.7. The predicted molar refractivity (Wildman–Crippen MR) is 440 cm³/mol. The molecule has 0 heterocycles. The summed E-state index contributed by atoms with van der Waals surface area (Å²) in [6, 6.07) is -5.83. The molecule has 0 saturated heterocycles. The van der Waals surface area contributed by atoms with Crippen LogP contribution in [0, 0.1) is 47.3 Å². The fourth-order valence-corrected chi connectivity index (χ4v) is 16.5. The summed E-state index contributed by atoms with van der Waals surface area (Å²) in [5.41, 5.74) is 32.0. The number of carboxylic acids is 2. The van der Waals surface area contributed by atoms with Crippen LogP contribution in [0.2, 0.25) is 0 Å². The fraction of sp³-hybridized carbons (Fsp3) is 0.721. The highest BCUT2D eigenvalue weighted by molar-refractivity contribution is 5.95. The number of aliphatic carboxylic acids is 2. The van der Waals surface area contributed by atoms with Gasteiger partial charge in [0.05, 0.1) is 27.4 Å². The summed E-state index contributed by atoms with van der Waals surface area (Å²) in [7, 11) is 1.86. The smallest absolute Gasteiger partial charge is 0.423 e. The van der Waals surface area contributed by atoms with Crippen LogP contribution in [0.4, 0.5) is 105 Å². The van der Waals surface area contributed by atoms with Crippen molar-refractivity contribution < 1.29 is 182 Å². The van der Waals surface area contributed by atoms with Gasteiger partial charge in [0.25, 0.3) is 0 Å². The zero-order chi connectivity index (χ0) is 105. The molecule has 0 amide bonds. The average Bonchev–Trinajstić information content (AvgIpc) is 1.79. The summed E-state index contributed by atoms with van der Waals surface area (Å²) in [5.74, 6) is -11.5. The van der Waals surface area contributed by atoms with Crippen molar-refractivity contribution in [1.82, 2.24) is 0 Å². The molecule has 8 rings (SSSR count). The Morgan fingerprint density at radius 1 is 0.254 bits per heavy atom. The van der Waals surface area contributed by atoms with Gasteiger partial charge in [0.15, 0.2) is 0 Å². The molecular formula is C86H124F24N8O16. The van der Waals surface area contributed by atoms with Gasteiger partial charge in [0.2, 0.25) is 0 Å². The summed E-state index contributed by atoms with van der Waals surface area (Å²) >= 11 is 0. The van der Waals surface area contributed by atoms with E-state index in [4.69, 9.17) is 65.6 Å². The minimum Gasteiger partial charge on any atom is -0.478 e. The summed E-state index contributed by atoms with van der Waals surface area (Å²) in [6.07, 6.45) is -33.0.